The molecule has 12 aromatic carbocycles. The topological polar surface area (TPSA) is 21.3 Å². The van der Waals surface area contributed by atoms with Gasteiger partial charge in [-0.1, -0.05) is 212 Å². The first kappa shape index (κ1) is 40.6. The monoisotopic (exact) mass is 904 g/mol. The van der Waals surface area contributed by atoms with Crippen LogP contribution < -0.4 is 4.90 Å². The van der Waals surface area contributed by atoms with Crippen molar-refractivity contribution in [2.45, 2.75) is 0 Å². The van der Waals surface area contributed by atoms with E-state index in [0.29, 0.717) is 0 Å². The summed E-state index contributed by atoms with van der Waals surface area (Å²) in [7, 11) is 0. The van der Waals surface area contributed by atoms with Crippen LogP contribution in [-0.2, 0) is 0 Å². The third kappa shape index (κ3) is 6.82. The molecule has 0 radical (unpaired) electrons. The van der Waals surface area contributed by atoms with Crippen LogP contribution in [-0.4, -0.2) is 4.57 Å². The van der Waals surface area contributed by atoms with Crippen LogP contribution in [0.1, 0.15) is 0 Å². The van der Waals surface area contributed by atoms with E-state index in [2.05, 4.69) is 264 Å². The van der Waals surface area contributed by atoms with E-state index in [1.54, 1.807) is 0 Å². The molecule has 71 heavy (non-hydrogen) atoms. The Bertz CT molecular complexity index is 4260. The van der Waals surface area contributed by atoms with E-state index in [0.717, 1.165) is 78.1 Å². The third-order valence-corrected chi connectivity index (χ3v) is 14.4. The number of hydrogen-bond donors (Lipinski definition) is 0. The van der Waals surface area contributed by atoms with Crippen LogP contribution >= 0.6 is 0 Å². The highest BCUT2D eigenvalue weighted by atomic mass is 16.3. The molecule has 0 spiro atoms. The summed E-state index contributed by atoms with van der Waals surface area (Å²) >= 11 is 0. The Hall–Kier alpha value is -9.44. The SMILES string of the molecule is c1ccc(-c2ccc(-c3ccc(N(c4ccc(-c5ccc(-c6cccc7c6oc6ccccc67)cc5)cc4)c4cc5ccccc5c5ccccc45)cc3)c(-n3c4ccccc4c4ccccc43)c2)cc1. The van der Waals surface area contributed by atoms with Gasteiger partial charge in [0.25, 0.3) is 0 Å². The second-order valence-electron chi connectivity index (χ2n) is 18.4. The number of aromatic nitrogens is 1. The Morgan fingerprint density at radius 1 is 0.296 bits per heavy atom. The van der Waals surface area contributed by atoms with Gasteiger partial charge in [-0.3, -0.25) is 0 Å². The zero-order chi connectivity index (χ0) is 46.8. The van der Waals surface area contributed by atoms with Crippen molar-refractivity contribution in [2.24, 2.45) is 0 Å². The number of benzene rings is 12. The van der Waals surface area contributed by atoms with E-state index in [1.165, 1.54) is 54.5 Å². The predicted molar refractivity (Wildman–Crippen MR) is 299 cm³/mol. The fraction of sp³-hybridized carbons (Fsp3) is 0. The maximum atomic E-state index is 6.40. The molecule has 0 saturated heterocycles. The van der Waals surface area contributed by atoms with Gasteiger partial charge in [0.15, 0.2) is 0 Å². The molecule has 2 heterocycles. The highest BCUT2D eigenvalue weighted by molar-refractivity contribution is 6.15. The number of anilines is 3. The van der Waals surface area contributed by atoms with E-state index in [1.807, 2.05) is 12.1 Å². The van der Waals surface area contributed by atoms with Crippen molar-refractivity contribution in [3.8, 4) is 50.2 Å². The van der Waals surface area contributed by atoms with Crippen molar-refractivity contribution in [3.63, 3.8) is 0 Å². The zero-order valence-electron chi connectivity index (χ0n) is 38.7. The fourth-order valence-corrected chi connectivity index (χ4v) is 11.0. The lowest BCUT2D eigenvalue weighted by Gasteiger charge is -2.28. The molecular weight excluding hydrogens is 861 g/mol. The largest absolute Gasteiger partial charge is 0.455 e. The van der Waals surface area contributed by atoms with Crippen LogP contribution in [0.4, 0.5) is 17.1 Å². The summed E-state index contributed by atoms with van der Waals surface area (Å²) in [6.45, 7) is 0. The normalized spacial score (nSPS) is 11.7. The van der Waals surface area contributed by atoms with E-state index in [-0.39, 0.29) is 0 Å². The number of hydrogen-bond acceptors (Lipinski definition) is 2. The lowest BCUT2D eigenvalue weighted by Crippen LogP contribution is -2.10. The molecule has 3 heteroatoms. The van der Waals surface area contributed by atoms with E-state index in [9.17, 15) is 0 Å². The van der Waals surface area contributed by atoms with Gasteiger partial charge in [0.05, 0.1) is 22.4 Å². The standard InChI is InChI=1S/C68H44N2O/c1-2-15-45(16-3-1)50-37-42-55(65(43-50)70-63-26-11-8-21-59(63)60-22-9-12-27-64(60)70)48-35-40-53(41-36-48)69(66-44-51-17-4-5-18-54(51)57-19-6-7-20-58(57)66)52-38-33-47(34-39-52)46-29-31-49(32-30-46)56-24-14-25-62-61-23-10-13-28-67(61)71-68(56)62/h1-44H. The van der Waals surface area contributed by atoms with Gasteiger partial charge in [0.1, 0.15) is 11.2 Å². The summed E-state index contributed by atoms with van der Waals surface area (Å²) in [5.41, 5.74) is 17.8. The minimum absolute atomic E-state index is 0.909. The van der Waals surface area contributed by atoms with Crippen molar-refractivity contribution < 1.29 is 4.42 Å². The van der Waals surface area contributed by atoms with Gasteiger partial charge in [-0.25, -0.2) is 0 Å². The van der Waals surface area contributed by atoms with Crippen molar-refractivity contribution >= 4 is 82.4 Å². The van der Waals surface area contributed by atoms with Gasteiger partial charge in [-0.05, 0) is 104 Å². The Morgan fingerprint density at radius 2 is 0.789 bits per heavy atom. The first-order valence-electron chi connectivity index (χ1n) is 24.3. The molecule has 0 aliphatic rings. The maximum absolute atomic E-state index is 6.40. The second-order valence-corrected chi connectivity index (χ2v) is 18.4. The minimum atomic E-state index is 0.909. The average Bonchev–Trinajstić information content (AvgIpc) is 4.00. The van der Waals surface area contributed by atoms with E-state index < -0.39 is 0 Å². The fourth-order valence-electron chi connectivity index (χ4n) is 11.0. The van der Waals surface area contributed by atoms with Crippen LogP contribution in [0.5, 0.6) is 0 Å². The third-order valence-electron chi connectivity index (χ3n) is 14.4. The molecule has 0 amide bonds. The molecule has 0 unspecified atom stereocenters. The lowest BCUT2D eigenvalue weighted by atomic mass is 9.96. The smallest absolute Gasteiger partial charge is 0.143 e. The minimum Gasteiger partial charge on any atom is -0.455 e. The van der Waals surface area contributed by atoms with Gasteiger partial charge >= 0.3 is 0 Å². The van der Waals surface area contributed by atoms with E-state index >= 15 is 0 Å². The molecule has 0 atom stereocenters. The Kier molecular flexibility index (Phi) is 9.53. The summed E-state index contributed by atoms with van der Waals surface area (Å²) in [6.07, 6.45) is 0. The van der Waals surface area contributed by atoms with Crippen LogP contribution in [0.3, 0.4) is 0 Å². The average molecular weight is 905 g/mol. The summed E-state index contributed by atoms with van der Waals surface area (Å²) in [4.78, 5) is 2.42. The van der Waals surface area contributed by atoms with Gasteiger partial charge < -0.3 is 13.9 Å². The summed E-state index contributed by atoms with van der Waals surface area (Å²) in [6, 6.07) is 96.8. The van der Waals surface area contributed by atoms with Crippen molar-refractivity contribution in [1.82, 2.24) is 4.57 Å². The van der Waals surface area contributed by atoms with Crippen molar-refractivity contribution in [1.29, 1.82) is 0 Å². The summed E-state index contributed by atoms with van der Waals surface area (Å²) in [5.74, 6) is 0. The Morgan fingerprint density at radius 3 is 1.49 bits per heavy atom. The lowest BCUT2D eigenvalue weighted by molar-refractivity contribution is 0.670. The van der Waals surface area contributed by atoms with Crippen molar-refractivity contribution in [2.75, 3.05) is 4.90 Å². The molecule has 3 nitrogen and oxygen atoms in total. The Labute approximate surface area is 411 Å². The van der Waals surface area contributed by atoms with Crippen LogP contribution in [0.15, 0.2) is 271 Å². The predicted octanol–water partition coefficient (Wildman–Crippen LogP) is 19.1. The number of furan rings is 1. The molecule has 0 aliphatic heterocycles. The molecule has 0 bridgehead atoms. The van der Waals surface area contributed by atoms with Crippen molar-refractivity contribution in [3.05, 3.63) is 267 Å². The van der Waals surface area contributed by atoms with Gasteiger partial charge in [0.2, 0.25) is 0 Å². The molecule has 0 saturated carbocycles. The Balaban J connectivity index is 0.884. The molecular formula is C68H44N2O. The van der Waals surface area contributed by atoms with E-state index in [4.69, 9.17) is 4.42 Å². The molecule has 14 aromatic rings. The highest BCUT2D eigenvalue weighted by Crippen LogP contribution is 2.45. The number of para-hydroxylation sites is 4. The molecule has 14 rings (SSSR count). The molecule has 0 N–H and O–H groups in total. The summed E-state index contributed by atoms with van der Waals surface area (Å²) < 4.78 is 8.85. The van der Waals surface area contributed by atoms with Crippen LogP contribution in [0.2, 0.25) is 0 Å². The molecule has 0 fully saturated rings. The summed E-state index contributed by atoms with van der Waals surface area (Å²) in [5, 5.41) is 9.63. The highest BCUT2D eigenvalue weighted by Gasteiger charge is 2.21. The van der Waals surface area contributed by atoms with Gasteiger partial charge in [-0.2, -0.15) is 0 Å². The number of rotatable bonds is 8. The maximum Gasteiger partial charge on any atom is 0.143 e. The first-order chi connectivity index (χ1) is 35.2. The molecule has 2 aromatic heterocycles. The van der Waals surface area contributed by atoms with Crippen LogP contribution in [0.25, 0.3) is 115 Å². The molecule has 332 valence electrons. The quantitative estimate of drug-likeness (QED) is 0.142. The molecule has 0 aliphatic carbocycles. The number of nitrogens with zero attached hydrogens (tertiary/aromatic N) is 2. The zero-order valence-corrected chi connectivity index (χ0v) is 38.7. The van der Waals surface area contributed by atoms with Crippen LogP contribution in [0, 0.1) is 0 Å². The van der Waals surface area contributed by atoms with Gasteiger partial charge in [-0.15, -0.1) is 0 Å². The first-order valence-corrected chi connectivity index (χ1v) is 24.3. The van der Waals surface area contributed by atoms with Gasteiger partial charge in [0, 0.05) is 49.4 Å². The second kappa shape index (κ2) is 16.7. The number of fused-ring (bicyclic) bond motifs is 9.